The number of halogens is 3. The molecule has 0 aliphatic carbocycles. The Morgan fingerprint density at radius 2 is 1.68 bits per heavy atom. The van der Waals surface area contributed by atoms with Crippen molar-refractivity contribution in [3.05, 3.63) is 76.5 Å². The predicted molar refractivity (Wildman–Crippen MR) is 103 cm³/mol. The van der Waals surface area contributed by atoms with Crippen LogP contribution in [0.1, 0.15) is 10.5 Å². The van der Waals surface area contributed by atoms with Crippen molar-refractivity contribution in [1.82, 2.24) is 4.98 Å². The number of ether oxygens (including phenoxy) is 2. The summed E-state index contributed by atoms with van der Waals surface area (Å²) in [7, 11) is 0. The normalized spacial score (nSPS) is 10.5. The van der Waals surface area contributed by atoms with E-state index in [0.29, 0.717) is 21.3 Å². The van der Waals surface area contributed by atoms with Gasteiger partial charge >= 0.3 is 0 Å². The van der Waals surface area contributed by atoms with E-state index >= 15 is 0 Å². The lowest BCUT2D eigenvalue weighted by Crippen LogP contribution is -2.14. The molecule has 1 amide bonds. The van der Waals surface area contributed by atoms with Crippen molar-refractivity contribution in [2.24, 2.45) is 5.73 Å². The van der Waals surface area contributed by atoms with Crippen molar-refractivity contribution in [2.45, 2.75) is 0 Å². The lowest BCUT2D eigenvalue weighted by molar-refractivity contribution is 0.0995. The number of rotatable bonds is 7. The largest absolute Gasteiger partial charge is 0.488 e. The highest BCUT2D eigenvalue weighted by atomic mass is 79.9. The number of hydrogen-bond donors (Lipinski definition) is 1. The zero-order valence-corrected chi connectivity index (χ0v) is 16.1. The van der Waals surface area contributed by atoms with Gasteiger partial charge in [0, 0.05) is 10.0 Å². The van der Waals surface area contributed by atoms with Crippen LogP contribution in [-0.4, -0.2) is 24.1 Å². The molecule has 0 radical (unpaired) electrons. The van der Waals surface area contributed by atoms with E-state index in [0.717, 1.165) is 0 Å². The standard InChI is InChI=1S/C20H15BrF2N2O3/c21-13-3-6-16(23)18(9-13)27-7-8-28-19-11-25-17(20(24)26)10-15(19)12-1-4-14(22)5-2-12/h1-6,9-11H,7-8H2,(H2,24,26). The average molecular weight is 449 g/mol. The van der Waals surface area contributed by atoms with Crippen LogP contribution in [0.25, 0.3) is 11.1 Å². The maximum atomic E-state index is 13.7. The van der Waals surface area contributed by atoms with Crippen LogP contribution in [0.2, 0.25) is 0 Å². The third-order valence-electron chi connectivity index (χ3n) is 3.77. The van der Waals surface area contributed by atoms with Gasteiger partial charge in [-0.1, -0.05) is 28.1 Å². The highest BCUT2D eigenvalue weighted by Gasteiger charge is 2.12. The van der Waals surface area contributed by atoms with E-state index in [1.54, 1.807) is 18.2 Å². The van der Waals surface area contributed by atoms with Gasteiger partial charge < -0.3 is 15.2 Å². The summed E-state index contributed by atoms with van der Waals surface area (Å²) in [5.74, 6) is -1.11. The summed E-state index contributed by atoms with van der Waals surface area (Å²) in [4.78, 5) is 15.4. The van der Waals surface area contributed by atoms with Crippen LogP contribution in [0.4, 0.5) is 8.78 Å². The van der Waals surface area contributed by atoms with E-state index in [4.69, 9.17) is 15.2 Å². The second-order valence-electron chi connectivity index (χ2n) is 5.71. The zero-order chi connectivity index (χ0) is 20.1. The van der Waals surface area contributed by atoms with Crippen LogP contribution < -0.4 is 15.2 Å². The van der Waals surface area contributed by atoms with E-state index in [-0.39, 0.29) is 30.5 Å². The van der Waals surface area contributed by atoms with Gasteiger partial charge in [-0.05, 0) is 42.0 Å². The van der Waals surface area contributed by atoms with Crippen LogP contribution in [0.5, 0.6) is 11.5 Å². The minimum absolute atomic E-state index is 0.0548. The first-order valence-corrected chi connectivity index (χ1v) is 9.00. The van der Waals surface area contributed by atoms with E-state index in [9.17, 15) is 13.6 Å². The van der Waals surface area contributed by atoms with Gasteiger partial charge in [0.05, 0.1) is 6.20 Å². The van der Waals surface area contributed by atoms with Crippen molar-refractivity contribution in [2.75, 3.05) is 13.2 Å². The fourth-order valence-electron chi connectivity index (χ4n) is 2.44. The summed E-state index contributed by atoms with van der Waals surface area (Å²) >= 11 is 3.25. The summed E-state index contributed by atoms with van der Waals surface area (Å²) in [6.07, 6.45) is 1.36. The van der Waals surface area contributed by atoms with Gasteiger partial charge in [-0.3, -0.25) is 4.79 Å². The number of amides is 1. The summed E-state index contributed by atoms with van der Waals surface area (Å²) in [5, 5.41) is 0. The molecule has 2 aromatic carbocycles. The van der Waals surface area contributed by atoms with Crippen molar-refractivity contribution in [3.63, 3.8) is 0 Å². The van der Waals surface area contributed by atoms with E-state index in [1.807, 2.05) is 0 Å². The molecule has 0 fully saturated rings. The third-order valence-corrected chi connectivity index (χ3v) is 4.26. The first-order valence-electron chi connectivity index (χ1n) is 8.20. The molecule has 1 heterocycles. The van der Waals surface area contributed by atoms with Crippen LogP contribution in [0.3, 0.4) is 0 Å². The van der Waals surface area contributed by atoms with Crippen molar-refractivity contribution in [1.29, 1.82) is 0 Å². The van der Waals surface area contributed by atoms with E-state index in [2.05, 4.69) is 20.9 Å². The molecule has 0 saturated carbocycles. The molecule has 0 atom stereocenters. The van der Waals surface area contributed by atoms with Gasteiger partial charge in [-0.25, -0.2) is 13.8 Å². The van der Waals surface area contributed by atoms with Gasteiger partial charge in [0.2, 0.25) is 0 Å². The molecule has 0 aliphatic heterocycles. The Morgan fingerprint density at radius 3 is 2.36 bits per heavy atom. The van der Waals surface area contributed by atoms with E-state index < -0.39 is 11.7 Å². The minimum Gasteiger partial charge on any atom is -0.488 e. The number of nitrogens with two attached hydrogens (primary N) is 1. The molecule has 0 aliphatic rings. The predicted octanol–water partition coefficient (Wildman–Crippen LogP) is 4.35. The van der Waals surface area contributed by atoms with Crippen molar-refractivity contribution < 1.29 is 23.0 Å². The third kappa shape index (κ3) is 4.83. The molecule has 5 nitrogen and oxygen atoms in total. The zero-order valence-electron chi connectivity index (χ0n) is 14.5. The number of aromatic nitrogens is 1. The molecule has 8 heteroatoms. The number of carbonyl (C=O) groups is 1. The maximum absolute atomic E-state index is 13.7. The lowest BCUT2D eigenvalue weighted by Gasteiger charge is -2.13. The highest BCUT2D eigenvalue weighted by Crippen LogP contribution is 2.30. The van der Waals surface area contributed by atoms with Gasteiger partial charge in [0.1, 0.15) is 30.5 Å². The highest BCUT2D eigenvalue weighted by molar-refractivity contribution is 9.10. The Bertz CT molecular complexity index is 997. The molecule has 144 valence electrons. The molecule has 28 heavy (non-hydrogen) atoms. The van der Waals surface area contributed by atoms with Crippen LogP contribution in [0, 0.1) is 11.6 Å². The van der Waals surface area contributed by atoms with Gasteiger partial charge in [0.25, 0.3) is 5.91 Å². The van der Waals surface area contributed by atoms with Gasteiger partial charge in [-0.15, -0.1) is 0 Å². The first kappa shape index (κ1) is 19.8. The van der Waals surface area contributed by atoms with Crippen molar-refractivity contribution in [3.8, 4) is 22.6 Å². The molecule has 3 aromatic rings. The molecule has 2 N–H and O–H groups in total. The SMILES string of the molecule is NC(=O)c1cc(-c2ccc(F)cc2)c(OCCOc2cc(Br)ccc2F)cn1. The van der Waals surface area contributed by atoms with Crippen LogP contribution in [0.15, 0.2) is 59.2 Å². The molecule has 0 unspecified atom stereocenters. The monoisotopic (exact) mass is 448 g/mol. The topological polar surface area (TPSA) is 74.4 Å². The van der Waals surface area contributed by atoms with Crippen LogP contribution >= 0.6 is 15.9 Å². The Labute approximate surface area is 168 Å². The Morgan fingerprint density at radius 1 is 1.00 bits per heavy atom. The Hall–Kier alpha value is -3.00. The average Bonchev–Trinajstić information content (AvgIpc) is 2.68. The number of primary amides is 1. The quantitative estimate of drug-likeness (QED) is 0.545. The number of carbonyl (C=O) groups excluding carboxylic acids is 1. The first-order chi connectivity index (χ1) is 13.4. The number of benzene rings is 2. The van der Waals surface area contributed by atoms with E-state index in [1.165, 1.54) is 36.5 Å². The molecular formula is C20H15BrF2N2O3. The summed E-state index contributed by atoms with van der Waals surface area (Å²) < 4.78 is 38.7. The Kier molecular flexibility index (Phi) is 6.20. The summed E-state index contributed by atoms with van der Waals surface area (Å²) in [6.45, 7) is 0.172. The maximum Gasteiger partial charge on any atom is 0.267 e. The molecule has 3 rings (SSSR count). The van der Waals surface area contributed by atoms with Crippen LogP contribution in [-0.2, 0) is 0 Å². The molecule has 0 spiro atoms. The number of nitrogens with zero attached hydrogens (tertiary/aromatic N) is 1. The summed E-state index contributed by atoms with van der Waals surface area (Å²) in [5.41, 5.74) is 6.49. The number of pyridine rings is 1. The summed E-state index contributed by atoms with van der Waals surface area (Å²) in [6, 6.07) is 11.5. The van der Waals surface area contributed by atoms with Crippen molar-refractivity contribution >= 4 is 21.8 Å². The molecule has 0 bridgehead atoms. The Balaban J connectivity index is 1.74. The molecule has 0 saturated heterocycles. The fourth-order valence-corrected chi connectivity index (χ4v) is 2.78. The molecule has 1 aromatic heterocycles. The lowest BCUT2D eigenvalue weighted by atomic mass is 10.0. The van der Waals surface area contributed by atoms with Gasteiger partial charge in [-0.2, -0.15) is 0 Å². The molecular weight excluding hydrogens is 434 g/mol. The van der Waals surface area contributed by atoms with Gasteiger partial charge in [0.15, 0.2) is 11.6 Å². The minimum atomic E-state index is -0.691. The second-order valence-corrected chi connectivity index (χ2v) is 6.62. The fraction of sp³-hybridized carbons (Fsp3) is 0.100. The smallest absolute Gasteiger partial charge is 0.267 e. The number of hydrogen-bond acceptors (Lipinski definition) is 4. The second kappa shape index (κ2) is 8.79.